The second kappa shape index (κ2) is 6.74. The zero-order valence-corrected chi connectivity index (χ0v) is 12.5. The number of nitrogens with one attached hydrogen (secondary N) is 1. The standard InChI is InChI=1S/C16H29NO2/c1-13-6-8-14(9-7-13)19-15(18)12-16(17-2)10-4-3-5-11-16/h13-14,17H,3-12H2,1-2H3. The molecule has 0 atom stereocenters. The molecule has 0 spiro atoms. The van der Waals surface area contributed by atoms with Crippen molar-refractivity contribution in [1.82, 2.24) is 5.32 Å². The van der Waals surface area contributed by atoms with Crippen LogP contribution in [-0.4, -0.2) is 24.7 Å². The van der Waals surface area contributed by atoms with Crippen LogP contribution >= 0.6 is 0 Å². The fourth-order valence-corrected chi connectivity index (χ4v) is 3.59. The Morgan fingerprint density at radius 2 is 1.79 bits per heavy atom. The maximum atomic E-state index is 12.2. The molecule has 3 nitrogen and oxygen atoms in total. The number of carbonyl (C=O) groups excluding carboxylic acids is 1. The molecule has 0 amide bonds. The predicted molar refractivity (Wildman–Crippen MR) is 77.0 cm³/mol. The van der Waals surface area contributed by atoms with Gasteiger partial charge in [-0.1, -0.05) is 26.2 Å². The van der Waals surface area contributed by atoms with Crippen LogP contribution in [0.2, 0.25) is 0 Å². The third kappa shape index (κ3) is 4.20. The van der Waals surface area contributed by atoms with E-state index in [4.69, 9.17) is 4.74 Å². The monoisotopic (exact) mass is 267 g/mol. The van der Waals surface area contributed by atoms with Crippen LogP contribution in [-0.2, 0) is 9.53 Å². The second-order valence-corrected chi connectivity index (χ2v) is 6.64. The quantitative estimate of drug-likeness (QED) is 0.793. The summed E-state index contributed by atoms with van der Waals surface area (Å²) in [5, 5.41) is 3.39. The zero-order valence-electron chi connectivity index (χ0n) is 12.5. The lowest BCUT2D eigenvalue weighted by Gasteiger charge is -2.37. The van der Waals surface area contributed by atoms with Crippen molar-refractivity contribution in [3.05, 3.63) is 0 Å². The number of carbonyl (C=O) groups is 1. The first-order valence-electron chi connectivity index (χ1n) is 8.02. The van der Waals surface area contributed by atoms with E-state index in [1.807, 2.05) is 7.05 Å². The van der Waals surface area contributed by atoms with E-state index in [2.05, 4.69) is 12.2 Å². The van der Waals surface area contributed by atoms with E-state index >= 15 is 0 Å². The Hall–Kier alpha value is -0.570. The first-order valence-corrected chi connectivity index (χ1v) is 8.02. The lowest BCUT2D eigenvalue weighted by Crippen LogP contribution is -2.47. The van der Waals surface area contributed by atoms with Crippen molar-refractivity contribution in [1.29, 1.82) is 0 Å². The Kier molecular flexibility index (Phi) is 5.26. The number of esters is 1. The van der Waals surface area contributed by atoms with E-state index in [9.17, 15) is 4.79 Å². The van der Waals surface area contributed by atoms with Gasteiger partial charge in [0, 0.05) is 5.54 Å². The van der Waals surface area contributed by atoms with Crippen LogP contribution in [0.1, 0.15) is 71.1 Å². The van der Waals surface area contributed by atoms with Crippen molar-refractivity contribution >= 4 is 5.97 Å². The normalized spacial score (nSPS) is 30.8. The molecule has 0 bridgehead atoms. The van der Waals surface area contributed by atoms with Crippen LogP contribution in [0, 0.1) is 5.92 Å². The lowest BCUT2D eigenvalue weighted by atomic mass is 9.79. The first kappa shape index (κ1) is 14.8. The highest BCUT2D eigenvalue weighted by molar-refractivity contribution is 5.71. The topological polar surface area (TPSA) is 38.3 Å². The minimum atomic E-state index is 0.0100. The van der Waals surface area contributed by atoms with E-state index in [-0.39, 0.29) is 17.6 Å². The molecule has 2 saturated carbocycles. The van der Waals surface area contributed by atoms with Crippen LogP contribution in [0.4, 0.5) is 0 Å². The molecule has 0 aromatic heterocycles. The van der Waals surface area contributed by atoms with Gasteiger partial charge in [0.25, 0.3) is 0 Å². The molecule has 2 rings (SSSR count). The minimum Gasteiger partial charge on any atom is -0.462 e. The Balaban J connectivity index is 1.79. The molecule has 0 aromatic carbocycles. The highest BCUT2D eigenvalue weighted by Gasteiger charge is 2.34. The Labute approximate surface area is 117 Å². The van der Waals surface area contributed by atoms with Gasteiger partial charge < -0.3 is 10.1 Å². The fraction of sp³-hybridized carbons (Fsp3) is 0.938. The van der Waals surface area contributed by atoms with E-state index in [0.717, 1.165) is 31.6 Å². The van der Waals surface area contributed by atoms with Gasteiger partial charge in [-0.05, 0) is 51.5 Å². The highest BCUT2D eigenvalue weighted by Crippen LogP contribution is 2.32. The van der Waals surface area contributed by atoms with Crippen LogP contribution in [0.25, 0.3) is 0 Å². The van der Waals surface area contributed by atoms with Crippen LogP contribution in [0.3, 0.4) is 0 Å². The summed E-state index contributed by atoms with van der Waals surface area (Å²) in [6.45, 7) is 2.29. The Morgan fingerprint density at radius 3 is 2.37 bits per heavy atom. The van der Waals surface area contributed by atoms with E-state index < -0.39 is 0 Å². The molecule has 0 heterocycles. The molecule has 110 valence electrons. The van der Waals surface area contributed by atoms with Crippen molar-refractivity contribution in [2.45, 2.75) is 82.8 Å². The lowest BCUT2D eigenvalue weighted by molar-refractivity contribution is -0.153. The highest BCUT2D eigenvalue weighted by atomic mass is 16.5. The van der Waals surface area contributed by atoms with Gasteiger partial charge in [0.1, 0.15) is 6.10 Å². The first-order chi connectivity index (χ1) is 9.13. The molecule has 0 aliphatic heterocycles. The SMILES string of the molecule is CNC1(CC(=O)OC2CCC(C)CC2)CCCCC1. The van der Waals surface area contributed by atoms with E-state index in [0.29, 0.717) is 6.42 Å². The van der Waals surface area contributed by atoms with Gasteiger partial charge in [-0.2, -0.15) is 0 Å². The largest absolute Gasteiger partial charge is 0.462 e. The van der Waals surface area contributed by atoms with Gasteiger partial charge in [-0.3, -0.25) is 4.79 Å². The molecule has 0 radical (unpaired) electrons. The van der Waals surface area contributed by atoms with Gasteiger partial charge in [-0.15, -0.1) is 0 Å². The van der Waals surface area contributed by atoms with Gasteiger partial charge in [0.05, 0.1) is 6.42 Å². The van der Waals surface area contributed by atoms with Crippen molar-refractivity contribution in [2.75, 3.05) is 7.05 Å². The average molecular weight is 267 g/mol. The second-order valence-electron chi connectivity index (χ2n) is 6.64. The van der Waals surface area contributed by atoms with E-state index in [1.165, 1.54) is 32.1 Å². The summed E-state index contributed by atoms with van der Waals surface area (Å²) in [6.07, 6.45) is 11.2. The van der Waals surface area contributed by atoms with Crippen molar-refractivity contribution < 1.29 is 9.53 Å². The predicted octanol–water partition coefficient (Wildman–Crippen LogP) is 3.42. The summed E-state index contributed by atoms with van der Waals surface area (Å²) in [7, 11) is 1.99. The molecule has 0 saturated heterocycles. The molecule has 0 unspecified atom stereocenters. The van der Waals surface area contributed by atoms with Gasteiger partial charge in [0.15, 0.2) is 0 Å². The molecular formula is C16H29NO2. The number of hydrogen-bond donors (Lipinski definition) is 1. The third-order valence-electron chi connectivity index (χ3n) is 5.08. The summed E-state index contributed by atoms with van der Waals surface area (Å²) in [6, 6.07) is 0. The van der Waals surface area contributed by atoms with Crippen LogP contribution in [0.5, 0.6) is 0 Å². The van der Waals surface area contributed by atoms with Crippen molar-refractivity contribution in [3.8, 4) is 0 Å². The molecule has 2 aliphatic rings. The smallest absolute Gasteiger partial charge is 0.307 e. The van der Waals surface area contributed by atoms with Crippen LogP contribution < -0.4 is 5.32 Å². The summed E-state index contributed by atoms with van der Waals surface area (Å²) in [5.74, 6) is 0.813. The summed E-state index contributed by atoms with van der Waals surface area (Å²) in [5.41, 5.74) is 0.0112. The molecule has 3 heteroatoms. The maximum absolute atomic E-state index is 12.2. The van der Waals surface area contributed by atoms with Crippen molar-refractivity contribution in [2.24, 2.45) is 5.92 Å². The van der Waals surface area contributed by atoms with Gasteiger partial charge >= 0.3 is 5.97 Å². The number of rotatable bonds is 4. The number of hydrogen-bond acceptors (Lipinski definition) is 3. The van der Waals surface area contributed by atoms with Gasteiger partial charge in [-0.25, -0.2) is 0 Å². The Morgan fingerprint density at radius 1 is 1.16 bits per heavy atom. The molecule has 1 N–H and O–H groups in total. The molecule has 19 heavy (non-hydrogen) atoms. The third-order valence-corrected chi connectivity index (χ3v) is 5.08. The zero-order chi connectivity index (χ0) is 13.7. The number of ether oxygens (including phenoxy) is 1. The van der Waals surface area contributed by atoms with E-state index in [1.54, 1.807) is 0 Å². The molecule has 0 aromatic rings. The molecular weight excluding hydrogens is 238 g/mol. The maximum Gasteiger partial charge on any atom is 0.307 e. The molecule has 2 fully saturated rings. The minimum absolute atomic E-state index is 0.0100. The van der Waals surface area contributed by atoms with Gasteiger partial charge in [0.2, 0.25) is 0 Å². The Bertz CT molecular complexity index is 289. The average Bonchev–Trinajstić information content (AvgIpc) is 2.42. The van der Waals surface area contributed by atoms with Crippen molar-refractivity contribution in [3.63, 3.8) is 0 Å². The summed E-state index contributed by atoms with van der Waals surface area (Å²) in [4.78, 5) is 12.2. The summed E-state index contributed by atoms with van der Waals surface area (Å²) >= 11 is 0. The fourth-order valence-electron chi connectivity index (χ4n) is 3.59. The van der Waals surface area contributed by atoms with Crippen LogP contribution in [0.15, 0.2) is 0 Å². The molecule has 2 aliphatic carbocycles. The summed E-state index contributed by atoms with van der Waals surface area (Å²) < 4.78 is 5.69.